The van der Waals surface area contributed by atoms with E-state index in [9.17, 15) is 14.7 Å². The summed E-state index contributed by atoms with van der Waals surface area (Å²) in [5.74, 6) is -0.594. The van der Waals surface area contributed by atoms with E-state index in [0.717, 1.165) is 5.56 Å². The number of piperidine rings is 1. The minimum absolute atomic E-state index is 0.0219. The van der Waals surface area contributed by atoms with E-state index in [2.05, 4.69) is 5.32 Å². The number of amides is 2. The summed E-state index contributed by atoms with van der Waals surface area (Å²) in [6.45, 7) is 1.52. The summed E-state index contributed by atoms with van der Waals surface area (Å²) in [5.41, 5.74) is 1.50. The van der Waals surface area contributed by atoms with Gasteiger partial charge in [-0.3, -0.25) is 9.59 Å². The molecule has 1 heterocycles. The van der Waals surface area contributed by atoms with Crippen molar-refractivity contribution < 1.29 is 14.7 Å². The molecule has 20 heavy (non-hydrogen) atoms. The van der Waals surface area contributed by atoms with E-state index in [1.807, 2.05) is 0 Å². The molecule has 0 unspecified atom stereocenters. The summed E-state index contributed by atoms with van der Waals surface area (Å²) in [6.07, 6.45) is 0.972. The number of nitrogens with zero attached hydrogens (tertiary/aromatic N) is 1. The first kappa shape index (κ1) is 14.6. The van der Waals surface area contributed by atoms with Crippen LogP contribution in [-0.4, -0.2) is 48.8 Å². The predicted octanol–water partition coefficient (Wildman–Crippen LogP) is 0.662. The summed E-state index contributed by atoms with van der Waals surface area (Å²) in [5, 5.41) is 11.9. The van der Waals surface area contributed by atoms with Crippen molar-refractivity contribution in [3.63, 3.8) is 0 Å². The van der Waals surface area contributed by atoms with Gasteiger partial charge in [0.05, 0.1) is 6.10 Å². The lowest BCUT2D eigenvalue weighted by Crippen LogP contribution is -2.40. The lowest BCUT2D eigenvalue weighted by Gasteiger charge is -2.29. The highest BCUT2D eigenvalue weighted by molar-refractivity contribution is 6.57. The lowest BCUT2D eigenvalue weighted by atomic mass is 10.1. The Labute approximate surface area is 119 Å². The normalized spacial score (nSPS) is 15.9. The number of aliphatic hydroxyl groups is 1. The quantitative estimate of drug-likeness (QED) is 0.794. The third kappa shape index (κ3) is 3.84. The van der Waals surface area contributed by atoms with Gasteiger partial charge in [-0.15, -0.1) is 0 Å². The molecule has 0 atom stereocenters. The molecule has 0 bridgehead atoms. The van der Waals surface area contributed by atoms with E-state index in [-0.39, 0.29) is 12.0 Å². The van der Waals surface area contributed by atoms with Gasteiger partial charge in [0.25, 0.3) is 5.91 Å². The molecule has 0 aliphatic carbocycles. The minimum atomic E-state index is -0.572. The first-order valence-corrected chi connectivity index (χ1v) is 6.66. The lowest BCUT2D eigenvalue weighted by molar-refractivity contribution is 0.0546. The Morgan fingerprint density at radius 1 is 1.25 bits per heavy atom. The fourth-order valence-corrected chi connectivity index (χ4v) is 2.21. The van der Waals surface area contributed by atoms with E-state index in [1.165, 1.54) is 0 Å². The number of hydrogen-bond donors (Lipinski definition) is 2. The number of aliphatic hydroxyl groups excluding tert-OH is 1. The number of hydrogen-bond acceptors (Lipinski definition) is 3. The zero-order chi connectivity index (χ0) is 14.5. The van der Waals surface area contributed by atoms with Gasteiger partial charge in [-0.25, -0.2) is 0 Å². The molecular formula is C14H17BN2O3. The molecule has 0 aromatic heterocycles. The standard InChI is InChI=1S/C14H17BN2O3/c15-14(20)16-9-10-1-3-11(4-2-10)13(19)17-7-5-12(18)6-8-17/h1-4,12,18H,5-9H2,(H,16,20). The van der Waals surface area contributed by atoms with Crippen molar-refractivity contribution in [1.82, 2.24) is 10.2 Å². The molecule has 0 saturated carbocycles. The van der Waals surface area contributed by atoms with Crippen LogP contribution in [0.25, 0.3) is 0 Å². The predicted molar refractivity (Wildman–Crippen MR) is 75.6 cm³/mol. The van der Waals surface area contributed by atoms with E-state index in [0.29, 0.717) is 38.0 Å². The Hall–Kier alpha value is -1.82. The molecule has 1 aliphatic rings. The molecule has 6 heteroatoms. The molecule has 0 spiro atoms. The van der Waals surface area contributed by atoms with Crippen molar-refractivity contribution >= 4 is 19.6 Å². The Kier molecular flexibility index (Phi) is 4.79. The number of rotatable bonds is 3. The van der Waals surface area contributed by atoms with Crippen LogP contribution < -0.4 is 5.32 Å². The Morgan fingerprint density at radius 2 is 1.85 bits per heavy atom. The summed E-state index contributed by atoms with van der Waals surface area (Å²) >= 11 is 0. The molecule has 1 aromatic rings. The fourth-order valence-electron chi connectivity index (χ4n) is 2.21. The molecular weight excluding hydrogens is 255 g/mol. The summed E-state index contributed by atoms with van der Waals surface area (Å²) in [4.78, 5) is 24.6. The average molecular weight is 272 g/mol. The SMILES string of the molecule is [B]C(=O)NCc1ccc(C(=O)N2CCC(O)CC2)cc1. The van der Waals surface area contributed by atoms with Gasteiger partial charge in [0.2, 0.25) is 7.85 Å². The molecule has 2 radical (unpaired) electrons. The van der Waals surface area contributed by atoms with Crippen molar-refractivity contribution in [3.8, 4) is 0 Å². The van der Waals surface area contributed by atoms with Crippen LogP contribution in [0.15, 0.2) is 24.3 Å². The van der Waals surface area contributed by atoms with E-state index in [4.69, 9.17) is 7.85 Å². The largest absolute Gasteiger partial charge is 0.393 e. The zero-order valence-corrected chi connectivity index (χ0v) is 11.2. The Bertz CT molecular complexity index is 482. The molecule has 1 fully saturated rings. The van der Waals surface area contributed by atoms with Crippen molar-refractivity contribution in [3.05, 3.63) is 35.4 Å². The van der Waals surface area contributed by atoms with Crippen molar-refractivity contribution in [1.29, 1.82) is 0 Å². The molecule has 2 rings (SSSR count). The highest BCUT2D eigenvalue weighted by Crippen LogP contribution is 2.14. The van der Waals surface area contributed by atoms with Crippen LogP contribution in [-0.2, 0) is 6.54 Å². The molecule has 1 aliphatic heterocycles. The maximum Gasteiger partial charge on any atom is 0.253 e. The van der Waals surface area contributed by atoms with Gasteiger partial charge in [0.1, 0.15) is 0 Å². The number of nitrogens with one attached hydrogen (secondary N) is 1. The fraction of sp³-hybridized carbons (Fsp3) is 0.429. The molecule has 1 aromatic carbocycles. The molecule has 1 saturated heterocycles. The smallest absolute Gasteiger partial charge is 0.253 e. The van der Waals surface area contributed by atoms with Crippen LogP contribution in [0.3, 0.4) is 0 Å². The third-order valence-electron chi connectivity index (χ3n) is 3.42. The Morgan fingerprint density at radius 3 is 2.40 bits per heavy atom. The highest BCUT2D eigenvalue weighted by atomic mass is 16.3. The van der Waals surface area contributed by atoms with Gasteiger partial charge in [0.15, 0.2) is 5.81 Å². The first-order valence-electron chi connectivity index (χ1n) is 6.66. The van der Waals surface area contributed by atoms with E-state index < -0.39 is 5.81 Å². The topological polar surface area (TPSA) is 69.6 Å². The van der Waals surface area contributed by atoms with E-state index >= 15 is 0 Å². The number of carbonyl (C=O) groups is 2. The van der Waals surface area contributed by atoms with Crippen molar-refractivity contribution in [2.24, 2.45) is 0 Å². The highest BCUT2D eigenvalue weighted by Gasteiger charge is 2.22. The third-order valence-corrected chi connectivity index (χ3v) is 3.42. The average Bonchev–Trinajstić information content (AvgIpc) is 2.46. The Balaban J connectivity index is 1.95. The maximum atomic E-state index is 12.2. The van der Waals surface area contributed by atoms with Crippen LogP contribution in [0, 0.1) is 0 Å². The minimum Gasteiger partial charge on any atom is -0.393 e. The van der Waals surface area contributed by atoms with Gasteiger partial charge in [0, 0.05) is 25.2 Å². The van der Waals surface area contributed by atoms with Crippen LogP contribution in [0.4, 0.5) is 4.79 Å². The van der Waals surface area contributed by atoms with Crippen LogP contribution in [0.2, 0.25) is 0 Å². The number of carbonyl (C=O) groups excluding carboxylic acids is 2. The maximum absolute atomic E-state index is 12.2. The summed E-state index contributed by atoms with van der Waals surface area (Å²) in [7, 11) is 5.00. The first-order chi connectivity index (χ1) is 9.56. The van der Waals surface area contributed by atoms with Gasteiger partial charge in [-0.2, -0.15) is 0 Å². The molecule has 5 nitrogen and oxygen atoms in total. The zero-order valence-electron chi connectivity index (χ0n) is 11.2. The monoisotopic (exact) mass is 272 g/mol. The number of likely N-dealkylation sites (tertiary alicyclic amines) is 1. The molecule has 2 N–H and O–H groups in total. The summed E-state index contributed by atoms with van der Waals surface area (Å²) in [6, 6.07) is 7.07. The van der Waals surface area contributed by atoms with Gasteiger partial charge < -0.3 is 15.3 Å². The van der Waals surface area contributed by atoms with Crippen LogP contribution in [0.5, 0.6) is 0 Å². The number of benzene rings is 1. The van der Waals surface area contributed by atoms with Crippen molar-refractivity contribution in [2.45, 2.75) is 25.5 Å². The molecule has 104 valence electrons. The van der Waals surface area contributed by atoms with Crippen LogP contribution in [0.1, 0.15) is 28.8 Å². The van der Waals surface area contributed by atoms with Crippen LogP contribution >= 0.6 is 0 Å². The van der Waals surface area contributed by atoms with Gasteiger partial charge in [-0.1, -0.05) is 12.1 Å². The molecule has 2 amide bonds. The second-order valence-corrected chi connectivity index (χ2v) is 4.94. The van der Waals surface area contributed by atoms with Gasteiger partial charge >= 0.3 is 0 Å². The van der Waals surface area contributed by atoms with E-state index in [1.54, 1.807) is 29.2 Å². The summed E-state index contributed by atoms with van der Waals surface area (Å²) < 4.78 is 0. The van der Waals surface area contributed by atoms with Gasteiger partial charge in [-0.05, 0) is 30.5 Å². The second kappa shape index (κ2) is 6.57. The van der Waals surface area contributed by atoms with Crippen molar-refractivity contribution in [2.75, 3.05) is 13.1 Å². The second-order valence-electron chi connectivity index (χ2n) is 4.94.